The molecule has 0 N–H and O–H groups in total. The zero-order chi connectivity index (χ0) is 22.2. The molecule has 0 saturated carbocycles. The molecule has 0 saturated heterocycles. The largest absolute Gasteiger partial charge is 0.457 e. The van der Waals surface area contributed by atoms with E-state index in [2.05, 4.69) is 5.10 Å². The Labute approximate surface area is 177 Å². The molecular formula is C21H15N3O6S. The number of hydrogen-bond donors (Lipinski definition) is 0. The first-order valence-electron chi connectivity index (χ1n) is 9.04. The van der Waals surface area contributed by atoms with Gasteiger partial charge in [0.2, 0.25) is 0 Å². The van der Waals surface area contributed by atoms with Gasteiger partial charge in [-0.1, -0.05) is 30.3 Å². The van der Waals surface area contributed by atoms with Gasteiger partial charge in [0.05, 0.1) is 21.1 Å². The van der Waals surface area contributed by atoms with Crippen molar-refractivity contribution in [3.8, 4) is 11.3 Å². The van der Waals surface area contributed by atoms with E-state index in [1.165, 1.54) is 43.3 Å². The SMILES string of the molecule is CC1=NN(S(=O)(=O)c2ccccc2)C(=O)/C1=C/c1ccc(-c2cccc([N+](=O)[O-])c2)o1. The molecule has 2 heterocycles. The van der Waals surface area contributed by atoms with Crippen molar-refractivity contribution in [3.63, 3.8) is 0 Å². The molecule has 0 aliphatic carbocycles. The molecule has 10 heteroatoms. The zero-order valence-corrected chi connectivity index (χ0v) is 16.9. The van der Waals surface area contributed by atoms with Gasteiger partial charge in [-0.25, -0.2) is 0 Å². The molecule has 1 aliphatic heterocycles. The van der Waals surface area contributed by atoms with Crippen molar-refractivity contribution in [3.05, 3.63) is 88.2 Å². The monoisotopic (exact) mass is 437 g/mol. The summed E-state index contributed by atoms with van der Waals surface area (Å²) in [5.41, 5.74) is 0.706. The van der Waals surface area contributed by atoms with Gasteiger partial charge in [-0.05, 0) is 37.3 Å². The maximum atomic E-state index is 12.8. The number of rotatable bonds is 5. The topological polar surface area (TPSA) is 123 Å². The third-order valence-corrected chi connectivity index (χ3v) is 6.13. The smallest absolute Gasteiger partial charge is 0.290 e. The molecule has 3 aromatic rings. The number of hydrogen-bond acceptors (Lipinski definition) is 7. The van der Waals surface area contributed by atoms with Crippen molar-refractivity contribution in [2.24, 2.45) is 5.10 Å². The molecule has 0 unspecified atom stereocenters. The van der Waals surface area contributed by atoms with Gasteiger partial charge in [0, 0.05) is 17.7 Å². The summed E-state index contributed by atoms with van der Waals surface area (Å²) in [4.78, 5) is 23.2. The molecule has 0 atom stereocenters. The molecule has 4 rings (SSSR count). The highest BCUT2D eigenvalue weighted by atomic mass is 32.2. The zero-order valence-electron chi connectivity index (χ0n) is 16.1. The molecule has 0 spiro atoms. The molecule has 0 radical (unpaired) electrons. The van der Waals surface area contributed by atoms with Crippen LogP contribution in [0.25, 0.3) is 17.4 Å². The van der Waals surface area contributed by atoms with Crippen molar-refractivity contribution >= 4 is 33.4 Å². The Kier molecular flexibility index (Phi) is 4.99. The Bertz CT molecular complexity index is 1360. The van der Waals surface area contributed by atoms with E-state index in [0.717, 1.165) is 0 Å². The number of amides is 1. The molecule has 0 bridgehead atoms. The van der Waals surface area contributed by atoms with E-state index in [1.807, 2.05) is 0 Å². The van der Waals surface area contributed by atoms with Crippen LogP contribution in [0.15, 0.2) is 86.7 Å². The van der Waals surface area contributed by atoms with Crippen LogP contribution in [0.1, 0.15) is 12.7 Å². The van der Waals surface area contributed by atoms with E-state index in [9.17, 15) is 23.3 Å². The fourth-order valence-electron chi connectivity index (χ4n) is 3.02. The van der Waals surface area contributed by atoms with Crippen molar-refractivity contribution in [2.45, 2.75) is 11.8 Å². The molecular weight excluding hydrogens is 422 g/mol. The number of nitrogens with zero attached hydrogens (tertiary/aromatic N) is 3. The molecule has 2 aromatic carbocycles. The summed E-state index contributed by atoms with van der Waals surface area (Å²) in [5.74, 6) is -0.155. The number of hydrazone groups is 1. The minimum Gasteiger partial charge on any atom is -0.457 e. The number of furan rings is 1. The van der Waals surface area contributed by atoms with Gasteiger partial charge < -0.3 is 4.42 Å². The number of carbonyl (C=O) groups is 1. The highest BCUT2D eigenvalue weighted by molar-refractivity contribution is 7.89. The first kappa shape index (κ1) is 20.2. The molecule has 9 nitrogen and oxygen atoms in total. The van der Waals surface area contributed by atoms with Crippen LogP contribution in [0.5, 0.6) is 0 Å². The average Bonchev–Trinajstić information content (AvgIpc) is 3.35. The summed E-state index contributed by atoms with van der Waals surface area (Å²) >= 11 is 0. The quantitative estimate of drug-likeness (QED) is 0.339. The maximum Gasteiger partial charge on any atom is 0.290 e. The summed E-state index contributed by atoms with van der Waals surface area (Å²) in [7, 11) is -4.14. The summed E-state index contributed by atoms with van der Waals surface area (Å²) in [6, 6.07) is 16.7. The van der Waals surface area contributed by atoms with Crippen LogP contribution in [0.3, 0.4) is 0 Å². The number of non-ortho nitro benzene ring substituents is 1. The van der Waals surface area contributed by atoms with Gasteiger partial charge >= 0.3 is 0 Å². The lowest BCUT2D eigenvalue weighted by atomic mass is 10.1. The van der Waals surface area contributed by atoms with E-state index >= 15 is 0 Å². The van der Waals surface area contributed by atoms with Crippen LogP contribution in [0.2, 0.25) is 0 Å². The van der Waals surface area contributed by atoms with Crippen molar-refractivity contribution < 1.29 is 22.6 Å². The molecule has 31 heavy (non-hydrogen) atoms. The van der Waals surface area contributed by atoms with Gasteiger partial charge in [-0.2, -0.15) is 13.5 Å². The fraction of sp³-hybridized carbons (Fsp3) is 0.0476. The Balaban J connectivity index is 1.64. The van der Waals surface area contributed by atoms with Crippen LogP contribution >= 0.6 is 0 Å². The van der Waals surface area contributed by atoms with Gasteiger partial charge in [-0.15, -0.1) is 4.41 Å². The number of benzene rings is 2. The van der Waals surface area contributed by atoms with E-state index < -0.39 is 20.9 Å². The van der Waals surface area contributed by atoms with Crippen LogP contribution in [-0.4, -0.2) is 29.4 Å². The number of nitro groups is 1. The number of carbonyl (C=O) groups excluding carboxylic acids is 1. The van der Waals surface area contributed by atoms with Crippen molar-refractivity contribution in [1.29, 1.82) is 0 Å². The lowest BCUT2D eigenvalue weighted by molar-refractivity contribution is -0.384. The van der Waals surface area contributed by atoms with E-state index in [4.69, 9.17) is 4.42 Å². The van der Waals surface area contributed by atoms with Crippen molar-refractivity contribution in [1.82, 2.24) is 4.41 Å². The summed E-state index contributed by atoms with van der Waals surface area (Å²) in [5, 5.41) is 14.9. The van der Waals surface area contributed by atoms with Gasteiger partial charge in [0.15, 0.2) is 0 Å². The highest BCUT2D eigenvalue weighted by Crippen LogP contribution is 2.29. The van der Waals surface area contributed by atoms with Crippen molar-refractivity contribution in [2.75, 3.05) is 0 Å². The molecule has 1 aromatic heterocycles. The summed E-state index contributed by atoms with van der Waals surface area (Å²) in [6.45, 7) is 1.52. The Morgan fingerprint density at radius 3 is 2.52 bits per heavy atom. The van der Waals surface area contributed by atoms with E-state index in [-0.39, 0.29) is 27.6 Å². The minimum atomic E-state index is -4.14. The lowest BCUT2D eigenvalue weighted by Gasteiger charge is -2.12. The molecule has 1 amide bonds. The number of nitro benzene ring substituents is 1. The third-order valence-electron chi connectivity index (χ3n) is 4.56. The fourth-order valence-corrected chi connectivity index (χ4v) is 4.26. The normalized spacial score (nSPS) is 15.4. The predicted octanol–water partition coefficient (Wildman–Crippen LogP) is 3.85. The molecule has 1 aliphatic rings. The summed E-state index contributed by atoms with van der Waals surface area (Å²) in [6.07, 6.45) is 1.39. The van der Waals surface area contributed by atoms with E-state index in [1.54, 1.807) is 36.4 Å². The Morgan fingerprint density at radius 2 is 1.81 bits per heavy atom. The minimum absolute atomic E-state index is 0.0490. The Morgan fingerprint density at radius 1 is 1.06 bits per heavy atom. The highest BCUT2D eigenvalue weighted by Gasteiger charge is 2.37. The van der Waals surface area contributed by atoms with Crippen LogP contribution in [0, 0.1) is 10.1 Å². The second kappa shape index (κ2) is 7.65. The van der Waals surface area contributed by atoms with Gasteiger partial charge in [0.1, 0.15) is 11.5 Å². The molecule has 156 valence electrons. The van der Waals surface area contributed by atoms with Crippen LogP contribution in [0.4, 0.5) is 5.69 Å². The first-order chi connectivity index (χ1) is 14.8. The second-order valence-electron chi connectivity index (χ2n) is 6.62. The first-order valence-corrected chi connectivity index (χ1v) is 10.5. The predicted molar refractivity (Wildman–Crippen MR) is 112 cm³/mol. The second-order valence-corrected chi connectivity index (χ2v) is 8.39. The van der Waals surface area contributed by atoms with E-state index in [0.29, 0.717) is 15.7 Å². The summed E-state index contributed by atoms with van der Waals surface area (Å²) < 4.78 is 31.7. The average molecular weight is 437 g/mol. The van der Waals surface area contributed by atoms with Crippen LogP contribution < -0.4 is 0 Å². The standard InChI is InChI=1S/C21H15N3O6S/c1-14-19(21(25)23(22-14)31(28,29)18-8-3-2-4-9-18)13-17-10-11-20(30-17)15-6-5-7-16(12-15)24(26)27/h2-13H,1H3/b19-13+. The number of sulfonamides is 1. The lowest BCUT2D eigenvalue weighted by Crippen LogP contribution is -2.29. The van der Waals surface area contributed by atoms with Crippen LogP contribution in [-0.2, 0) is 14.8 Å². The van der Waals surface area contributed by atoms with Gasteiger partial charge in [-0.3, -0.25) is 14.9 Å². The maximum absolute atomic E-state index is 12.8. The third kappa shape index (κ3) is 3.76. The Hall–Kier alpha value is -4.05. The van der Waals surface area contributed by atoms with Gasteiger partial charge in [0.25, 0.3) is 21.6 Å². The molecule has 0 fully saturated rings.